The number of alkyl halides is 3. The summed E-state index contributed by atoms with van der Waals surface area (Å²) in [5.74, 6) is 0.253. The van der Waals surface area contributed by atoms with Gasteiger partial charge >= 0.3 is 6.18 Å². The Hall–Kier alpha value is -1.50. The van der Waals surface area contributed by atoms with Crippen molar-refractivity contribution in [3.8, 4) is 5.75 Å². The number of nitrogens with zero attached hydrogens (tertiary/aromatic N) is 1. The van der Waals surface area contributed by atoms with E-state index in [1.54, 1.807) is 6.07 Å². The maximum absolute atomic E-state index is 13.2. The molecule has 0 unspecified atom stereocenters. The molecule has 2 rings (SSSR count). The summed E-state index contributed by atoms with van der Waals surface area (Å²) in [6.45, 7) is 10.1. The summed E-state index contributed by atoms with van der Waals surface area (Å²) in [7, 11) is -2.19. The molecule has 1 aromatic carbocycles. The van der Waals surface area contributed by atoms with Crippen molar-refractivity contribution in [3.63, 3.8) is 0 Å². The highest BCUT2D eigenvalue weighted by Gasteiger charge is 2.40. The van der Waals surface area contributed by atoms with Gasteiger partial charge in [0, 0.05) is 5.39 Å². The van der Waals surface area contributed by atoms with Crippen LogP contribution < -0.4 is 4.43 Å². The minimum absolute atomic E-state index is 0.00918. The standard InChI is InChI=1S/C14H19F3N2OSi/c1-13(2,3)21(4,5)20-10-6-9-8-18-19-12(9)11(7-10)14(15,16)17/h6-8H,1-5H3,(H,18,19). The third kappa shape index (κ3) is 3.07. The van der Waals surface area contributed by atoms with Gasteiger partial charge in [-0.2, -0.15) is 18.3 Å². The van der Waals surface area contributed by atoms with Gasteiger partial charge in [-0.3, -0.25) is 5.10 Å². The summed E-state index contributed by atoms with van der Waals surface area (Å²) in [4.78, 5) is 0. The number of benzene rings is 1. The number of fused-ring (bicyclic) bond motifs is 1. The zero-order chi connectivity index (χ0) is 16.1. The fourth-order valence-electron chi connectivity index (χ4n) is 1.76. The van der Waals surface area contributed by atoms with Gasteiger partial charge in [-0.15, -0.1) is 0 Å². The molecule has 0 spiro atoms. The van der Waals surface area contributed by atoms with E-state index >= 15 is 0 Å². The number of hydrogen-bond acceptors (Lipinski definition) is 2. The highest BCUT2D eigenvalue weighted by Crippen LogP contribution is 2.40. The Labute approximate surface area is 122 Å². The molecule has 3 nitrogen and oxygen atoms in total. The van der Waals surface area contributed by atoms with E-state index in [1.165, 1.54) is 6.20 Å². The molecular weight excluding hydrogens is 297 g/mol. The van der Waals surface area contributed by atoms with Gasteiger partial charge in [0.25, 0.3) is 0 Å². The van der Waals surface area contributed by atoms with Gasteiger partial charge in [-0.1, -0.05) is 20.8 Å². The number of halogens is 3. The average Bonchev–Trinajstić information content (AvgIpc) is 2.72. The van der Waals surface area contributed by atoms with Crippen LogP contribution in [-0.2, 0) is 6.18 Å². The molecule has 0 amide bonds. The maximum Gasteiger partial charge on any atom is 0.418 e. The third-order valence-electron chi connectivity index (χ3n) is 4.01. The lowest BCUT2D eigenvalue weighted by molar-refractivity contribution is -0.136. The van der Waals surface area contributed by atoms with E-state index in [2.05, 4.69) is 10.2 Å². The van der Waals surface area contributed by atoms with E-state index < -0.39 is 20.1 Å². The first-order chi connectivity index (χ1) is 9.42. The number of aromatic nitrogens is 2. The summed E-state index contributed by atoms with van der Waals surface area (Å²) in [5.41, 5.74) is -0.753. The van der Waals surface area contributed by atoms with E-state index in [-0.39, 0.29) is 16.3 Å². The highest BCUT2D eigenvalue weighted by atomic mass is 28.4. The number of rotatable bonds is 2. The van der Waals surface area contributed by atoms with Crippen molar-refractivity contribution in [1.29, 1.82) is 0 Å². The molecule has 0 saturated heterocycles. The molecule has 1 N–H and O–H groups in total. The van der Waals surface area contributed by atoms with Crippen LogP contribution in [0.1, 0.15) is 26.3 Å². The molecule has 0 aliphatic heterocycles. The Morgan fingerprint density at radius 3 is 2.29 bits per heavy atom. The van der Waals surface area contributed by atoms with Crippen LogP contribution in [0, 0.1) is 0 Å². The van der Waals surface area contributed by atoms with Crippen molar-refractivity contribution in [2.75, 3.05) is 0 Å². The predicted octanol–water partition coefficient (Wildman–Crippen LogP) is 4.97. The topological polar surface area (TPSA) is 37.9 Å². The van der Waals surface area contributed by atoms with Crippen molar-refractivity contribution in [2.24, 2.45) is 0 Å². The molecule has 1 aromatic heterocycles. The maximum atomic E-state index is 13.2. The SMILES string of the molecule is CC(C)(C)[Si](C)(C)Oc1cc(C(F)(F)F)c2[nH]ncc2c1. The van der Waals surface area contributed by atoms with Gasteiger partial charge in [-0.05, 0) is 30.3 Å². The minimum Gasteiger partial charge on any atom is -0.543 e. The number of nitrogens with one attached hydrogen (secondary N) is 1. The van der Waals surface area contributed by atoms with Gasteiger partial charge < -0.3 is 4.43 Å². The first-order valence-electron chi connectivity index (χ1n) is 6.65. The monoisotopic (exact) mass is 316 g/mol. The van der Waals surface area contributed by atoms with Crippen molar-refractivity contribution < 1.29 is 17.6 Å². The summed E-state index contributed by atoms with van der Waals surface area (Å²) in [6, 6.07) is 2.66. The Bertz CT molecular complexity index is 656. The predicted molar refractivity (Wildman–Crippen MR) is 78.9 cm³/mol. The van der Waals surface area contributed by atoms with Crippen molar-refractivity contribution >= 4 is 19.2 Å². The molecule has 2 aromatic rings. The first kappa shape index (κ1) is 15.9. The second kappa shape index (κ2) is 4.76. The Morgan fingerprint density at radius 1 is 1.14 bits per heavy atom. The lowest BCUT2D eigenvalue weighted by Crippen LogP contribution is -2.43. The van der Waals surface area contributed by atoms with Gasteiger partial charge in [-0.25, -0.2) is 0 Å². The number of aromatic amines is 1. The molecule has 0 saturated carbocycles. The molecule has 0 fully saturated rings. The minimum atomic E-state index is -4.45. The zero-order valence-corrected chi connectivity index (χ0v) is 13.7. The second-order valence-corrected chi connectivity index (χ2v) is 11.4. The molecule has 0 radical (unpaired) electrons. The lowest BCUT2D eigenvalue weighted by atomic mass is 10.1. The van der Waals surface area contributed by atoms with Crippen LogP contribution in [0.3, 0.4) is 0 Å². The first-order valence-corrected chi connectivity index (χ1v) is 9.56. The number of H-pyrrole nitrogens is 1. The third-order valence-corrected chi connectivity index (χ3v) is 8.37. The molecule has 0 aliphatic rings. The normalized spacial score (nSPS) is 13.7. The largest absolute Gasteiger partial charge is 0.543 e. The van der Waals surface area contributed by atoms with E-state index in [4.69, 9.17) is 4.43 Å². The molecule has 21 heavy (non-hydrogen) atoms. The van der Waals surface area contributed by atoms with Crippen LogP contribution in [0.15, 0.2) is 18.3 Å². The smallest absolute Gasteiger partial charge is 0.418 e. The Kier molecular flexibility index (Phi) is 3.60. The van der Waals surface area contributed by atoms with E-state index in [1.807, 2.05) is 33.9 Å². The van der Waals surface area contributed by atoms with E-state index in [9.17, 15) is 13.2 Å². The van der Waals surface area contributed by atoms with E-state index in [0.717, 1.165) is 6.07 Å². The van der Waals surface area contributed by atoms with Crippen LogP contribution in [0.25, 0.3) is 10.9 Å². The van der Waals surface area contributed by atoms with Crippen molar-refractivity contribution in [1.82, 2.24) is 10.2 Å². The van der Waals surface area contributed by atoms with Crippen LogP contribution in [-0.4, -0.2) is 18.5 Å². The van der Waals surface area contributed by atoms with Crippen LogP contribution in [0.4, 0.5) is 13.2 Å². The quantitative estimate of drug-likeness (QED) is 0.795. The molecule has 0 atom stereocenters. The van der Waals surface area contributed by atoms with Crippen molar-refractivity contribution in [2.45, 2.75) is 45.1 Å². The summed E-state index contributed by atoms with van der Waals surface area (Å²) in [5, 5.41) is 6.41. The molecule has 0 bridgehead atoms. The second-order valence-electron chi connectivity index (χ2n) is 6.67. The highest BCUT2D eigenvalue weighted by molar-refractivity contribution is 6.74. The van der Waals surface area contributed by atoms with Crippen molar-refractivity contribution in [3.05, 3.63) is 23.9 Å². The fourth-order valence-corrected chi connectivity index (χ4v) is 2.77. The molecule has 116 valence electrons. The Morgan fingerprint density at radius 2 is 1.76 bits per heavy atom. The summed E-state index contributed by atoms with van der Waals surface area (Å²) in [6.07, 6.45) is -3.07. The van der Waals surface area contributed by atoms with Crippen LogP contribution >= 0.6 is 0 Å². The lowest BCUT2D eigenvalue weighted by Gasteiger charge is -2.36. The molecule has 1 heterocycles. The van der Waals surface area contributed by atoms with Crippen LogP contribution in [0.5, 0.6) is 5.75 Å². The number of hydrogen-bond donors (Lipinski definition) is 1. The fraction of sp³-hybridized carbons (Fsp3) is 0.500. The van der Waals surface area contributed by atoms with Crippen LogP contribution in [0.2, 0.25) is 18.1 Å². The average molecular weight is 316 g/mol. The van der Waals surface area contributed by atoms with Gasteiger partial charge in [0.1, 0.15) is 5.75 Å². The summed E-state index contributed by atoms with van der Waals surface area (Å²) < 4.78 is 45.4. The van der Waals surface area contributed by atoms with Gasteiger partial charge in [0.15, 0.2) is 0 Å². The zero-order valence-electron chi connectivity index (χ0n) is 12.7. The molecule has 7 heteroatoms. The Balaban J connectivity index is 2.52. The summed E-state index contributed by atoms with van der Waals surface area (Å²) >= 11 is 0. The van der Waals surface area contributed by atoms with E-state index in [0.29, 0.717) is 5.39 Å². The molecule has 0 aliphatic carbocycles. The van der Waals surface area contributed by atoms with Gasteiger partial charge in [0.05, 0.1) is 17.3 Å². The molecular formula is C14H19F3N2OSi. The van der Waals surface area contributed by atoms with Gasteiger partial charge in [0.2, 0.25) is 8.32 Å².